The Morgan fingerprint density at radius 1 is 1.19 bits per heavy atom. The molecule has 1 fully saturated rings. The lowest BCUT2D eigenvalue weighted by Gasteiger charge is -2.27. The Balaban J connectivity index is 1.54. The quantitative estimate of drug-likeness (QED) is 0.870. The van der Waals surface area contributed by atoms with E-state index in [-0.39, 0.29) is 0 Å². The van der Waals surface area contributed by atoms with Crippen molar-refractivity contribution in [2.45, 2.75) is 45.6 Å². The predicted molar refractivity (Wildman–Crippen MR) is 86.5 cm³/mol. The van der Waals surface area contributed by atoms with Crippen LogP contribution in [0.3, 0.4) is 0 Å². The highest BCUT2D eigenvalue weighted by molar-refractivity contribution is 5.34. The van der Waals surface area contributed by atoms with E-state index in [0.29, 0.717) is 5.41 Å². The highest BCUT2D eigenvalue weighted by Crippen LogP contribution is 2.40. The van der Waals surface area contributed by atoms with Crippen LogP contribution in [-0.2, 0) is 6.54 Å². The summed E-state index contributed by atoms with van der Waals surface area (Å²) in [5.41, 5.74) is 3.08. The summed E-state index contributed by atoms with van der Waals surface area (Å²) in [5.74, 6) is 0. The van der Waals surface area contributed by atoms with E-state index < -0.39 is 0 Å². The van der Waals surface area contributed by atoms with E-state index in [1.54, 1.807) is 6.20 Å². The predicted octanol–water partition coefficient (Wildman–Crippen LogP) is 3.93. The Morgan fingerprint density at radius 2 is 1.95 bits per heavy atom. The van der Waals surface area contributed by atoms with Crippen LogP contribution in [0.2, 0.25) is 0 Å². The van der Waals surface area contributed by atoms with Crippen LogP contribution in [0.4, 0.5) is 0 Å². The van der Waals surface area contributed by atoms with Crippen molar-refractivity contribution in [3.63, 3.8) is 0 Å². The largest absolute Gasteiger partial charge is 0.312 e. The van der Waals surface area contributed by atoms with Crippen molar-refractivity contribution >= 4 is 0 Å². The van der Waals surface area contributed by atoms with Gasteiger partial charge in [0, 0.05) is 31.2 Å². The number of imidazole rings is 1. The van der Waals surface area contributed by atoms with Crippen LogP contribution in [0, 0.1) is 5.41 Å². The monoisotopic (exact) mass is 283 g/mol. The lowest BCUT2D eigenvalue weighted by Crippen LogP contribution is -2.31. The zero-order chi connectivity index (χ0) is 14.5. The molecule has 0 spiro atoms. The Kier molecular flexibility index (Phi) is 4.39. The van der Waals surface area contributed by atoms with Gasteiger partial charge in [-0.1, -0.05) is 31.9 Å². The molecule has 1 heterocycles. The van der Waals surface area contributed by atoms with Crippen LogP contribution in [0.15, 0.2) is 43.0 Å². The Morgan fingerprint density at radius 3 is 2.57 bits per heavy atom. The van der Waals surface area contributed by atoms with Gasteiger partial charge in [0.05, 0.1) is 6.33 Å². The summed E-state index contributed by atoms with van der Waals surface area (Å²) in [4.78, 5) is 4.08. The highest BCUT2D eigenvalue weighted by atomic mass is 15.0. The first-order valence-corrected chi connectivity index (χ1v) is 8.09. The van der Waals surface area contributed by atoms with Gasteiger partial charge in [0.1, 0.15) is 0 Å². The molecule has 1 aromatic heterocycles. The lowest BCUT2D eigenvalue weighted by atomic mass is 9.83. The van der Waals surface area contributed by atoms with E-state index in [9.17, 15) is 0 Å². The second-order valence-corrected chi connectivity index (χ2v) is 6.30. The van der Waals surface area contributed by atoms with E-state index in [4.69, 9.17) is 0 Å². The second kappa shape index (κ2) is 6.44. The third kappa shape index (κ3) is 3.35. The van der Waals surface area contributed by atoms with E-state index in [2.05, 4.69) is 41.5 Å². The fourth-order valence-corrected chi connectivity index (χ4v) is 3.45. The van der Waals surface area contributed by atoms with E-state index in [0.717, 1.165) is 18.8 Å². The Labute approximate surface area is 127 Å². The zero-order valence-electron chi connectivity index (χ0n) is 12.9. The van der Waals surface area contributed by atoms with Crippen LogP contribution in [0.25, 0.3) is 5.69 Å². The third-order valence-electron chi connectivity index (χ3n) is 4.98. The smallest absolute Gasteiger partial charge is 0.0991 e. The molecule has 1 aromatic carbocycles. The standard InChI is InChI=1S/C18H25N3/c1-2-18(9-3-4-10-18)14-20-13-16-5-7-17(8-6-16)21-12-11-19-15-21/h5-8,11-12,15,20H,2-4,9-10,13-14H2,1H3. The molecule has 3 rings (SSSR count). The van der Waals surface area contributed by atoms with Gasteiger partial charge in [-0.25, -0.2) is 4.98 Å². The molecule has 0 bridgehead atoms. The topological polar surface area (TPSA) is 29.9 Å². The van der Waals surface area contributed by atoms with Crippen LogP contribution in [-0.4, -0.2) is 16.1 Å². The van der Waals surface area contributed by atoms with Crippen molar-refractivity contribution in [3.8, 4) is 5.69 Å². The van der Waals surface area contributed by atoms with Gasteiger partial charge in [-0.05, 0) is 42.4 Å². The fourth-order valence-electron chi connectivity index (χ4n) is 3.45. The number of hydrogen-bond donors (Lipinski definition) is 1. The van der Waals surface area contributed by atoms with Crippen molar-refractivity contribution in [1.29, 1.82) is 0 Å². The molecule has 0 unspecified atom stereocenters. The number of aromatic nitrogens is 2. The molecular weight excluding hydrogens is 258 g/mol. The SMILES string of the molecule is CCC1(CNCc2ccc(-n3ccnc3)cc2)CCCC1. The van der Waals surface area contributed by atoms with Crippen LogP contribution in [0.1, 0.15) is 44.6 Å². The third-order valence-corrected chi connectivity index (χ3v) is 4.98. The fraction of sp³-hybridized carbons (Fsp3) is 0.500. The Hall–Kier alpha value is -1.61. The molecule has 1 aliphatic carbocycles. The summed E-state index contributed by atoms with van der Waals surface area (Å²) < 4.78 is 2.03. The molecule has 112 valence electrons. The first kappa shape index (κ1) is 14.3. The molecule has 1 N–H and O–H groups in total. The molecular formula is C18H25N3. The molecule has 0 saturated heterocycles. The van der Waals surface area contributed by atoms with Crippen molar-refractivity contribution in [2.75, 3.05) is 6.54 Å². The van der Waals surface area contributed by atoms with E-state index in [1.165, 1.54) is 37.7 Å². The zero-order valence-corrected chi connectivity index (χ0v) is 12.9. The maximum atomic E-state index is 4.08. The maximum absolute atomic E-state index is 4.08. The normalized spacial score (nSPS) is 17.2. The van der Waals surface area contributed by atoms with Crippen LogP contribution >= 0.6 is 0 Å². The number of nitrogens with one attached hydrogen (secondary N) is 1. The molecule has 0 aliphatic heterocycles. The average Bonchev–Trinajstić information content (AvgIpc) is 3.20. The minimum atomic E-state index is 0.566. The first-order chi connectivity index (χ1) is 10.3. The molecule has 0 atom stereocenters. The summed E-state index contributed by atoms with van der Waals surface area (Å²) in [6.07, 6.45) is 12.5. The van der Waals surface area contributed by atoms with E-state index in [1.807, 2.05) is 17.1 Å². The summed E-state index contributed by atoms with van der Waals surface area (Å²) >= 11 is 0. The summed E-state index contributed by atoms with van der Waals surface area (Å²) in [5, 5.41) is 3.67. The van der Waals surface area contributed by atoms with Gasteiger partial charge in [0.2, 0.25) is 0 Å². The molecule has 3 nitrogen and oxygen atoms in total. The number of hydrogen-bond acceptors (Lipinski definition) is 2. The summed E-state index contributed by atoms with van der Waals surface area (Å²) in [6.45, 7) is 4.46. The highest BCUT2D eigenvalue weighted by Gasteiger charge is 2.31. The van der Waals surface area contributed by atoms with Crippen molar-refractivity contribution < 1.29 is 0 Å². The molecule has 0 radical (unpaired) electrons. The van der Waals surface area contributed by atoms with Crippen molar-refractivity contribution in [3.05, 3.63) is 48.5 Å². The van der Waals surface area contributed by atoms with Gasteiger partial charge >= 0.3 is 0 Å². The van der Waals surface area contributed by atoms with Gasteiger partial charge < -0.3 is 9.88 Å². The molecule has 1 aliphatic rings. The average molecular weight is 283 g/mol. The van der Waals surface area contributed by atoms with Crippen LogP contribution in [0.5, 0.6) is 0 Å². The number of rotatable bonds is 6. The number of benzene rings is 1. The van der Waals surface area contributed by atoms with Gasteiger partial charge in [0.15, 0.2) is 0 Å². The van der Waals surface area contributed by atoms with Crippen molar-refractivity contribution in [2.24, 2.45) is 5.41 Å². The molecule has 1 saturated carbocycles. The maximum Gasteiger partial charge on any atom is 0.0991 e. The van der Waals surface area contributed by atoms with Gasteiger partial charge in [-0.2, -0.15) is 0 Å². The first-order valence-electron chi connectivity index (χ1n) is 8.09. The Bertz CT molecular complexity index is 536. The summed E-state index contributed by atoms with van der Waals surface area (Å²) in [7, 11) is 0. The van der Waals surface area contributed by atoms with Gasteiger partial charge in [-0.3, -0.25) is 0 Å². The molecule has 21 heavy (non-hydrogen) atoms. The van der Waals surface area contributed by atoms with Gasteiger partial charge in [0.25, 0.3) is 0 Å². The minimum Gasteiger partial charge on any atom is -0.312 e. The van der Waals surface area contributed by atoms with Gasteiger partial charge in [-0.15, -0.1) is 0 Å². The van der Waals surface area contributed by atoms with Crippen LogP contribution < -0.4 is 5.32 Å². The molecule has 3 heteroatoms. The second-order valence-electron chi connectivity index (χ2n) is 6.30. The van der Waals surface area contributed by atoms with E-state index >= 15 is 0 Å². The molecule has 2 aromatic rings. The van der Waals surface area contributed by atoms with Crippen molar-refractivity contribution in [1.82, 2.24) is 14.9 Å². The minimum absolute atomic E-state index is 0.566. The molecule has 0 amide bonds. The lowest BCUT2D eigenvalue weighted by molar-refractivity contribution is 0.268. The number of nitrogens with zero attached hydrogens (tertiary/aromatic N) is 2. The summed E-state index contributed by atoms with van der Waals surface area (Å²) in [6, 6.07) is 8.72.